The first-order valence-electron chi connectivity index (χ1n) is 4.63. The fourth-order valence-corrected chi connectivity index (χ4v) is 1.08. The first-order valence-corrected chi connectivity index (χ1v) is 4.63. The molecular formula is C11H7F2N3O. The molecule has 0 bridgehead atoms. The lowest BCUT2D eigenvalue weighted by molar-refractivity contribution is 0.111. The van der Waals surface area contributed by atoms with Crippen LogP contribution in [0.1, 0.15) is 22.3 Å². The molecule has 0 spiro atoms. The first-order chi connectivity index (χ1) is 8.19. The number of nitrogens with zero attached hydrogens (tertiary/aromatic N) is 3. The molecule has 0 aromatic heterocycles. The van der Waals surface area contributed by atoms with Gasteiger partial charge in [-0.1, -0.05) is 17.0 Å². The number of aldehydes is 1. The summed E-state index contributed by atoms with van der Waals surface area (Å²) >= 11 is 0. The van der Waals surface area contributed by atoms with Gasteiger partial charge in [0.2, 0.25) is 0 Å². The maximum absolute atomic E-state index is 13.1. The standard InChI is InChI=1S/C11H7F2N3O/c12-10-5-8(3-1-2-4-15-16-14)6-11(13)9(10)7-17/h5-7H,2,4H2. The van der Waals surface area contributed by atoms with Gasteiger partial charge >= 0.3 is 0 Å². The van der Waals surface area contributed by atoms with E-state index in [1.807, 2.05) is 0 Å². The lowest BCUT2D eigenvalue weighted by Crippen LogP contribution is -1.94. The largest absolute Gasteiger partial charge is 0.298 e. The smallest absolute Gasteiger partial charge is 0.155 e. The van der Waals surface area contributed by atoms with Crippen molar-refractivity contribution in [2.75, 3.05) is 6.54 Å². The molecule has 0 amide bonds. The van der Waals surface area contributed by atoms with Crippen LogP contribution in [0.15, 0.2) is 17.2 Å². The molecule has 4 nitrogen and oxygen atoms in total. The molecule has 0 unspecified atom stereocenters. The number of benzene rings is 1. The molecule has 17 heavy (non-hydrogen) atoms. The van der Waals surface area contributed by atoms with Crippen LogP contribution in [0, 0.1) is 23.5 Å². The fourth-order valence-electron chi connectivity index (χ4n) is 1.08. The molecular weight excluding hydrogens is 228 g/mol. The summed E-state index contributed by atoms with van der Waals surface area (Å²) in [5.41, 5.74) is 7.52. The number of carbonyl (C=O) groups excluding carboxylic acids is 1. The molecule has 0 aliphatic heterocycles. The second kappa shape index (κ2) is 6.26. The molecule has 0 aliphatic carbocycles. The van der Waals surface area contributed by atoms with Crippen LogP contribution in [0.2, 0.25) is 0 Å². The second-order valence-electron chi connectivity index (χ2n) is 2.98. The zero-order valence-corrected chi connectivity index (χ0v) is 8.65. The normalized spacial score (nSPS) is 8.82. The zero-order chi connectivity index (χ0) is 12.7. The predicted molar refractivity (Wildman–Crippen MR) is 57.3 cm³/mol. The third kappa shape index (κ3) is 3.59. The molecule has 0 saturated carbocycles. The Balaban J connectivity index is 2.86. The van der Waals surface area contributed by atoms with E-state index in [0.717, 1.165) is 12.1 Å². The summed E-state index contributed by atoms with van der Waals surface area (Å²) in [6.07, 6.45) is 0.409. The van der Waals surface area contributed by atoms with Gasteiger partial charge in [-0.15, -0.1) is 0 Å². The number of hydrogen-bond donors (Lipinski definition) is 0. The number of rotatable bonds is 3. The molecule has 86 valence electrons. The Labute approximate surface area is 95.9 Å². The monoisotopic (exact) mass is 235 g/mol. The minimum Gasteiger partial charge on any atom is -0.298 e. The summed E-state index contributed by atoms with van der Waals surface area (Å²) in [5.74, 6) is 3.21. The number of halogens is 2. The van der Waals surface area contributed by atoms with E-state index in [1.54, 1.807) is 0 Å². The van der Waals surface area contributed by atoms with Crippen LogP contribution >= 0.6 is 0 Å². The third-order valence-corrected chi connectivity index (χ3v) is 1.83. The van der Waals surface area contributed by atoms with Crippen molar-refractivity contribution < 1.29 is 13.6 Å². The van der Waals surface area contributed by atoms with Gasteiger partial charge in [-0.05, 0) is 17.7 Å². The highest BCUT2D eigenvalue weighted by Crippen LogP contribution is 2.12. The molecule has 0 fully saturated rings. The van der Waals surface area contributed by atoms with E-state index in [9.17, 15) is 13.6 Å². The Morgan fingerprint density at radius 1 is 1.41 bits per heavy atom. The van der Waals surface area contributed by atoms with Gasteiger partial charge in [-0.25, -0.2) is 8.78 Å². The number of azide groups is 1. The summed E-state index contributed by atoms with van der Waals surface area (Å²) in [5, 5.41) is 3.25. The Morgan fingerprint density at radius 3 is 2.59 bits per heavy atom. The van der Waals surface area contributed by atoms with Crippen molar-refractivity contribution in [3.05, 3.63) is 45.3 Å². The highest BCUT2D eigenvalue weighted by atomic mass is 19.1. The van der Waals surface area contributed by atoms with Gasteiger partial charge in [0, 0.05) is 23.4 Å². The summed E-state index contributed by atoms with van der Waals surface area (Å²) in [7, 11) is 0. The van der Waals surface area contributed by atoms with E-state index in [2.05, 4.69) is 21.9 Å². The van der Waals surface area contributed by atoms with Crippen LogP contribution < -0.4 is 0 Å². The van der Waals surface area contributed by atoms with Gasteiger partial charge < -0.3 is 0 Å². The molecule has 0 atom stereocenters. The maximum Gasteiger partial charge on any atom is 0.155 e. The minimum atomic E-state index is -0.945. The summed E-state index contributed by atoms with van der Waals surface area (Å²) in [6.45, 7) is 0.195. The zero-order valence-electron chi connectivity index (χ0n) is 8.65. The molecule has 0 N–H and O–H groups in total. The van der Waals surface area contributed by atoms with Gasteiger partial charge in [0.15, 0.2) is 6.29 Å². The van der Waals surface area contributed by atoms with E-state index in [1.165, 1.54) is 0 Å². The van der Waals surface area contributed by atoms with Gasteiger partial charge in [0.05, 0.1) is 5.56 Å². The van der Waals surface area contributed by atoms with Crippen LogP contribution in [0.25, 0.3) is 10.4 Å². The molecule has 0 radical (unpaired) electrons. The lowest BCUT2D eigenvalue weighted by Gasteiger charge is -1.97. The van der Waals surface area contributed by atoms with Gasteiger partial charge in [0.25, 0.3) is 0 Å². The Hall–Kier alpha value is -2.38. The highest BCUT2D eigenvalue weighted by Gasteiger charge is 2.08. The van der Waals surface area contributed by atoms with E-state index in [0.29, 0.717) is 6.42 Å². The Bertz CT molecular complexity index is 516. The summed E-state index contributed by atoms with van der Waals surface area (Å²) in [6, 6.07) is 1.96. The van der Waals surface area contributed by atoms with Gasteiger partial charge in [-0.2, -0.15) is 0 Å². The molecule has 0 saturated heterocycles. The van der Waals surface area contributed by atoms with Crippen molar-refractivity contribution in [2.45, 2.75) is 6.42 Å². The molecule has 0 aliphatic rings. The lowest BCUT2D eigenvalue weighted by atomic mass is 10.1. The van der Waals surface area contributed by atoms with Crippen molar-refractivity contribution in [3.63, 3.8) is 0 Å². The third-order valence-electron chi connectivity index (χ3n) is 1.83. The quantitative estimate of drug-likeness (QED) is 0.198. The molecule has 6 heteroatoms. The molecule has 1 aromatic carbocycles. The van der Waals surface area contributed by atoms with E-state index in [4.69, 9.17) is 5.53 Å². The number of carbonyl (C=O) groups is 1. The Kier molecular flexibility index (Phi) is 4.67. The molecule has 0 heterocycles. The first kappa shape index (κ1) is 12.7. The second-order valence-corrected chi connectivity index (χ2v) is 2.98. The highest BCUT2D eigenvalue weighted by molar-refractivity contribution is 5.76. The summed E-state index contributed by atoms with van der Waals surface area (Å²) < 4.78 is 26.3. The Morgan fingerprint density at radius 2 is 2.06 bits per heavy atom. The van der Waals surface area contributed by atoms with E-state index >= 15 is 0 Å². The van der Waals surface area contributed by atoms with Crippen molar-refractivity contribution in [2.24, 2.45) is 5.11 Å². The van der Waals surface area contributed by atoms with E-state index < -0.39 is 17.2 Å². The minimum absolute atomic E-state index is 0.115. The van der Waals surface area contributed by atoms with Crippen LogP contribution in [0.3, 0.4) is 0 Å². The molecule has 1 rings (SSSR count). The fraction of sp³-hybridized carbons (Fsp3) is 0.182. The molecule has 1 aromatic rings. The maximum atomic E-state index is 13.1. The van der Waals surface area contributed by atoms with Crippen LogP contribution in [0.4, 0.5) is 8.78 Å². The topological polar surface area (TPSA) is 65.8 Å². The van der Waals surface area contributed by atoms with Crippen molar-refractivity contribution in [3.8, 4) is 11.8 Å². The predicted octanol–water partition coefficient (Wildman–Crippen LogP) is 2.83. The van der Waals surface area contributed by atoms with Crippen molar-refractivity contribution >= 4 is 6.29 Å². The SMILES string of the molecule is [N-]=[N+]=NCCC#Cc1cc(F)c(C=O)c(F)c1. The van der Waals surface area contributed by atoms with Gasteiger partial charge in [0.1, 0.15) is 11.6 Å². The van der Waals surface area contributed by atoms with Crippen molar-refractivity contribution in [1.82, 2.24) is 0 Å². The van der Waals surface area contributed by atoms with Crippen LogP contribution in [-0.2, 0) is 0 Å². The van der Waals surface area contributed by atoms with Crippen molar-refractivity contribution in [1.29, 1.82) is 0 Å². The summed E-state index contributed by atoms with van der Waals surface area (Å²) in [4.78, 5) is 12.9. The van der Waals surface area contributed by atoms with Crippen LogP contribution in [0.5, 0.6) is 0 Å². The average Bonchev–Trinajstić information content (AvgIpc) is 2.28. The average molecular weight is 235 g/mol. The number of hydrogen-bond acceptors (Lipinski definition) is 2. The van der Waals surface area contributed by atoms with E-state index in [-0.39, 0.29) is 18.4 Å². The van der Waals surface area contributed by atoms with Crippen LogP contribution in [-0.4, -0.2) is 12.8 Å². The van der Waals surface area contributed by atoms with Gasteiger partial charge in [-0.3, -0.25) is 4.79 Å².